The normalized spacial score (nSPS) is 22.3. The monoisotopic (exact) mass is 330 g/mol. The van der Waals surface area contributed by atoms with Crippen molar-refractivity contribution >= 4 is 12.2 Å². The van der Waals surface area contributed by atoms with Crippen LogP contribution >= 0.6 is 0 Å². The molecular weight excluding hydrogens is 316 g/mol. The predicted octanol–water partition coefficient (Wildman–Crippen LogP) is 4.44. The zero-order valence-corrected chi connectivity index (χ0v) is 14.0. The summed E-state index contributed by atoms with van der Waals surface area (Å²) in [6.45, 7) is 0. The fourth-order valence-electron chi connectivity index (χ4n) is 3.87. The molecule has 2 heteroatoms. The number of rotatable bonds is 1. The Morgan fingerprint density at radius 1 is 0.500 bits per heavy atom. The zero-order valence-electron chi connectivity index (χ0n) is 14.0. The molecular formula is C24H14N2. The van der Waals surface area contributed by atoms with E-state index in [1.165, 1.54) is 23.7 Å². The van der Waals surface area contributed by atoms with Crippen LogP contribution < -0.4 is 0 Å². The highest BCUT2D eigenvalue weighted by atomic mass is 14.8. The molecule has 2 aromatic heterocycles. The Balaban J connectivity index is 1.43. The average Bonchev–Trinajstić information content (AvgIpc) is 3.36. The Kier molecular flexibility index (Phi) is 3.23. The first-order chi connectivity index (χ1) is 12.9. The number of hydrogen-bond donors (Lipinski definition) is 0. The highest BCUT2D eigenvalue weighted by molar-refractivity contribution is 5.76. The zero-order chi connectivity index (χ0) is 17.1. The highest BCUT2D eigenvalue weighted by Crippen LogP contribution is 2.45. The van der Waals surface area contributed by atoms with Crippen molar-refractivity contribution in [2.45, 2.75) is 0 Å². The molecule has 10 radical (unpaired) electrons. The van der Waals surface area contributed by atoms with E-state index in [1.807, 2.05) is 0 Å². The molecule has 2 nitrogen and oxygen atoms in total. The van der Waals surface area contributed by atoms with Crippen molar-refractivity contribution in [1.29, 1.82) is 0 Å². The quantitative estimate of drug-likeness (QED) is 0.772. The molecule has 0 bridgehead atoms. The summed E-state index contributed by atoms with van der Waals surface area (Å²) in [5, 5.41) is 0. The maximum atomic E-state index is 4.96. The minimum absolute atomic E-state index is 0.914. The summed E-state index contributed by atoms with van der Waals surface area (Å²) in [6.07, 6.45) is 21.3. The van der Waals surface area contributed by atoms with Gasteiger partial charge in [0, 0.05) is 23.7 Å². The molecule has 0 aromatic carbocycles. The second-order valence-corrected chi connectivity index (χ2v) is 6.72. The van der Waals surface area contributed by atoms with Gasteiger partial charge in [-0.3, -0.25) is 0 Å². The molecule has 4 aliphatic carbocycles. The Labute approximate surface area is 155 Å². The van der Waals surface area contributed by atoms with Crippen LogP contribution in [0.1, 0.15) is 22.5 Å². The number of aromatic nitrogens is 2. The van der Waals surface area contributed by atoms with Crippen molar-refractivity contribution in [3.8, 4) is 11.4 Å². The molecule has 0 saturated heterocycles. The van der Waals surface area contributed by atoms with Gasteiger partial charge < -0.3 is 0 Å². The minimum Gasteiger partial charge on any atom is -0.250 e. The van der Waals surface area contributed by atoms with Crippen molar-refractivity contribution in [2.75, 3.05) is 0 Å². The van der Waals surface area contributed by atoms with E-state index in [0.717, 1.165) is 33.9 Å². The second kappa shape index (κ2) is 5.64. The topological polar surface area (TPSA) is 25.8 Å². The summed E-state index contributed by atoms with van der Waals surface area (Å²) >= 11 is 0. The molecule has 0 unspecified atom stereocenters. The lowest BCUT2D eigenvalue weighted by Gasteiger charge is -2.23. The van der Waals surface area contributed by atoms with Crippen LogP contribution in [0.2, 0.25) is 0 Å². The summed E-state index contributed by atoms with van der Waals surface area (Å²) in [7, 11) is 0. The average molecular weight is 330 g/mol. The van der Waals surface area contributed by atoms with E-state index in [0.29, 0.717) is 0 Å². The molecule has 2 heterocycles. The van der Waals surface area contributed by atoms with Gasteiger partial charge in [0.1, 0.15) is 0 Å². The van der Waals surface area contributed by atoms with E-state index in [-0.39, 0.29) is 0 Å². The highest BCUT2D eigenvalue weighted by Gasteiger charge is 2.35. The summed E-state index contributed by atoms with van der Waals surface area (Å²) in [4.78, 5) is 9.92. The van der Waals surface area contributed by atoms with Crippen LogP contribution in [0.3, 0.4) is 0 Å². The maximum absolute atomic E-state index is 4.96. The second-order valence-electron chi connectivity index (χ2n) is 6.72. The molecule has 0 aliphatic heterocycles. The van der Waals surface area contributed by atoms with E-state index in [2.05, 4.69) is 87.1 Å². The molecule has 26 heavy (non-hydrogen) atoms. The first kappa shape index (κ1) is 14.9. The summed E-state index contributed by atoms with van der Waals surface area (Å²) in [5.74, 6) is 4.85. The number of hydrogen-bond acceptors (Lipinski definition) is 2. The van der Waals surface area contributed by atoms with Crippen molar-refractivity contribution in [3.05, 3.63) is 121 Å². The van der Waals surface area contributed by atoms with Gasteiger partial charge in [-0.05, 0) is 61.8 Å². The SMILES string of the molecule is [CH]1[CH][C]2C=Cc3ccc(-c4ccc5c(n4)[C]4[CH][CH][CH][C]4C=C5)nc3[C]2[CH]1. The van der Waals surface area contributed by atoms with E-state index >= 15 is 0 Å². The first-order valence-electron chi connectivity index (χ1n) is 8.78. The van der Waals surface area contributed by atoms with Gasteiger partial charge in [-0.1, -0.05) is 36.4 Å². The van der Waals surface area contributed by atoms with Crippen LogP contribution in [0.4, 0.5) is 0 Å². The molecule has 0 amide bonds. The third kappa shape index (κ3) is 2.17. The van der Waals surface area contributed by atoms with Crippen LogP contribution in [0.5, 0.6) is 0 Å². The van der Waals surface area contributed by atoms with E-state index in [1.54, 1.807) is 0 Å². The molecule has 2 fully saturated rings. The predicted molar refractivity (Wildman–Crippen MR) is 103 cm³/mol. The Morgan fingerprint density at radius 2 is 1.00 bits per heavy atom. The summed E-state index contributed by atoms with van der Waals surface area (Å²) < 4.78 is 0. The van der Waals surface area contributed by atoms with Gasteiger partial charge in [0.05, 0.1) is 22.8 Å². The van der Waals surface area contributed by atoms with E-state index in [4.69, 9.17) is 9.97 Å². The minimum atomic E-state index is 0.914. The van der Waals surface area contributed by atoms with E-state index in [9.17, 15) is 0 Å². The van der Waals surface area contributed by atoms with Crippen LogP contribution in [0.25, 0.3) is 23.5 Å². The van der Waals surface area contributed by atoms with Gasteiger partial charge in [-0.2, -0.15) is 0 Å². The third-order valence-corrected chi connectivity index (χ3v) is 5.21. The third-order valence-electron chi connectivity index (χ3n) is 5.21. The molecule has 2 aromatic rings. The fourth-order valence-corrected chi connectivity index (χ4v) is 3.87. The number of allylic oxidation sites excluding steroid dienone is 2. The van der Waals surface area contributed by atoms with Crippen LogP contribution in [-0.2, 0) is 0 Å². The lowest BCUT2D eigenvalue weighted by molar-refractivity contribution is 1.04. The van der Waals surface area contributed by atoms with Crippen molar-refractivity contribution in [2.24, 2.45) is 0 Å². The fraction of sp³-hybridized carbons (Fsp3) is 0. The van der Waals surface area contributed by atoms with Gasteiger partial charge in [0.25, 0.3) is 0 Å². The Morgan fingerprint density at radius 3 is 1.50 bits per heavy atom. The lowest BCUT2D eigenvalue weighted by atomic mass is 9.84. The van der Waals surface area contributed by atoms with Gasteiger partial charge in [0.15, 0.2) is 0 Å². The Bertz CT molecular complexity index is 862. The smallest absolute Gasteiger partial charge is 0.0890 e. The first-order valence-corrected chi connectivity index (χ1v) is 8.78. The molecule has 2 saturated carbocycles. The molecule has 4 aliphatic rings. The van der Waals surface area contributed by atoms with Crippen molar-refractivity contribution in [3.63, 3.8) is 0 Å². The van der Waals surface area contributed by atoms with Gasteiger partial charge >= 0.3 is 0 Å². The van der Waals surface area contributed by atoms with Gasteiger partial charge in [-0.25, -0.2) is 9.97 Å². The molecule has 0 atom stereocenters. The number of pyridine rings is 2. The lowest BCUT2D eigenvalue weighted by Crippen LogP contribution is -2.13. The van der Waals surface area contributed by atoms with Crippen LogP contribution in [0.15, 0.2) is 36.4 Å². The van der Waals surface area contributed by atoms with Crippen LogP contribution in [0, 0.1) is 62.2 Å². The molecule has 0 spiro atoms. The Hall–Kier alpha value is -2.22. The summed E-state index contributed by atoms with van der Waals surface area (Å²) in [5.41, 5.74) is 6.23. The summed E-state index contributed by atoms with van der Waals surface area (Å²) in [6, 6.07) is 8.41. The van der Waals surface area contributed by atoms with E-state index < -0.39 is 0 Å². The largest absolute Gasteiger partial charge is 0.250 e. The maximum Gasteiger partial charge on any atom is 0.0890 e. The van der Waals surface area contributed by atoms with Crippen molar-refractivity contribution in [1.82, 2.24) is 9.97 Å². The standard InChI is InChI=1S/C24H14N2/c1-3-15-7-9-17-11-13-21(25-23(17)19(15)5-1)22-14-12-18-10-8-16-4-2-6-20(16)24(18)26-22/h1-14H. The number of fused-ring (bicyclic) bond motifs is 6. The van der Waals surface area contributed by atoms with Crippen molar-refractivity contribution < 1.29 is 0 Å². The number of nitrogens with zero attached hydrogens (tertiary/aromatic N) is 2. The van der Waals surface area contributed by atoms with Gasteiger partial charge in [-0.15, -0.1) is 0 Å². The molecule has 0 N–H and O–H groups in total. The molecule has 120 valence electrons. The molecule has 6 rings (SSSR count). The van der Waals surface area contributed by atoms with Gasteiger partial charge in [0.2, 0.25) is 0 Å². The van der Waals surface area contributed by atoms with Crippen LogP contribution in [-0.4, -0.2) is 9.97 Å².